The molecule has 2 heteroatoms. The Hall–Kier alpha value is -1.54. The normalized spacial score (nSPS) is 10.7. The largest absolute Gasteiger partial charge is 0.357 e. The second-order valence-electron chi connectivity index (χ2n) is 4.60. The first kappa shape index (κ1) is 11.9. The molecule has 0 aliphatic carbocycles. The van der Waals surface area contributed by atoms with Crippen LogP contribution in [0.1, 0.15) is 16.7 Å². The number of nitrogens with zero attached hydrogens (tertiary/aromatic N) is 1. The fourth-order valence-electron chi connectivity index (χ4n) is 2.00. The summed E-state index contributed by atoms with van der Waals surface area (Å²) in [7, 11) is 2.05. The molecule has 0 aliphatic rings. The lowest BCUT2D eigenvalue weighted by atomic mass is 10.1. The maximum atomic E-state index is 3.47. The summed E-state index contributed by atoms with van der Waals surface area (Å²) in [5, 5.41) is 3.47. The second-order valence-corrected chi connectivity index (χ2v) is 4.60. The van der Waals surface area contributed by atoms with Crippen LogP contribution in [0.15, 0.2) is 42.7 Å². The minimum Gasteiger partial charge on any atom is -0.357 e. The molecule has 2 nitrogen and oxygen atoms in total. The van der Waals surface area contributed by atoms with E-state index in [2.05, 4.69) is 66.6 Å². The van der Waals surface area contributed by atoms with Gasteiger partial charge in [-0.3, -0.25) is 0 Å². The standard InChI is InChI=1S/C15H20N2/c1-13-4-3-5-14(10-13)6-8-16-11-15-7-9-17(2)12-15/h3-5,7,9-10,12,16H,6,8,11H2,1-2H3. The zero-order chi connectivity index (χ0) is 12.1. The zero-order valence-electron chi connectivity index (χ0n) is 10.6. The molecule has 0 amide bonds. The molecule has 0 saturated heterocycles. The van der Waals surface area contributed by atoms with E-state index in [-0.39, 0.29) is 0 Å². The molecule has 1 heterocycles. The first-order valence-corrected chi connectivity index (χ1v) is 6.11. The molecule has 1 aromatic carbocycles. The molecular weight excluding hydrogens is 208 g/mol. The Morgan fingerprint density at radius 3 is 2.76 bits per heavy atom. The van der Waals surface area contributed by atoms with E-state index in [1.54, 1.807) is 0 Å². The van der Waals surface area contributed by atoms with E-state index in [1.165, 1.54) is 16.7 Å². The van der Waals surface area contributed by atoms with E-state index in [9.17, 15) is 0 Å². The number of aromatic nitrogens is 1. The van der Waals surface area contributed by atoms with Gasteiger partial charge < -0.3 is 9.88 Å². The molecule has 0 aliphatic heterocycles. The minimum atomic E-state index is 0.951. The van der Waals surface area contributed by atoms with Crippen molar-refractivity contribution >= 4 is 0 Å². The summed E-state index contributed by atoms with van der Waals surface area (Å²) in [5.41, 5.74) is 4.09. The summed E-state index contributed by atoms with van der Waals surface area (Å²) in [6.45, 7) is 4.12. The molecule has 0 unspecified atom stereocenters. The first-order chi connectivity index (χ1) is 8.24. The monoisotopic (exact) mass is 228 g/mol. The molecular formula is C15H20N2. The Bertz CT molecular complexity index is 471. The minimum absolute atomic E-state index is 0.951. The van der Waals surface area contributed by atoms with Crippen molar-refractivity contribution < 1.29 is 0 Å². The maximum Gasteiger partial charge on any atom is 0.0220 e. The zero-order valence-corrected chi connectivity index (χ0v) is 10.6. The second kappa shape index (κ2) is 5.69. The quantitative estimate of drug-likeness (QED) is 0.779. The van der Waals surface area contributed by atoms with Crippen molar-refractivity contribution in [3.8, 4) is 0 Å². The summed E-state index contributed by atoms with van der Waals surface area (Å²) < 4.78 is 2.08. The van der Waals surface area contributed by atoms with Crippen LogP contribution in [0.3, 0.4) is 0 Å². The van der Waals surface area contributed by atoms with Crippen LogP contribution in [0.5, 0.6) is 0 Å². The van der Waals surface area contributed by atoms with Gasteiger partial charge in [0.05, 0.1) is 0 Å². The smallest absolute Gasteiger partial charge is 0.0220 e. The number of aryl methyl sites for hydroxylation is 2. The van der Waals surface area contributed by atoms with Gasteiger partial charge in [0.2, 0.25) is 0 Å². The van der Waals surface area contributed by atoms with Gasteiger partial charge in [-0.1, -0.05) is 29.8 Å². The molecule has 17 heavy (non-hydrogen) atoms. The molecule has 1 aromatic heterocycles. The van der Waals surface area contributed by atoms with Crippen molar-refractivity contribution in [3.63, 3.8) is 0 Å². The van der Waals surface area contributed by atoms with E-state index in [0.717, 1.165) is 19.5 Å². The van der Waals surface area contributed by atoms with Gasteiger partial charge in [0.1, 0.15) is 0 Å². The number of rotatable bonds is 5. The van der Waals surface area contributed by atoms with Crippen LogP contribution in [-0.2, 0) is 20.0 Å². The predicted octanol–water partition coefficient (Wildman–Crippen LogP) is 2.67. The third-order valence-corrected chi connectivity index (χ3v) is 2.90. The van der Waals surface area contributed by atoms with E-state index in [1.807, 2.05) is 0 Å². The van der Waals surface area contributed by atoms with Crippen LogP contribution in [0, 0.1) is 6.92 Å². The Morgan fingerprint density at radius 1 is 1.18 bits per heavy atom. The fourth-order valence-corrected chi connectivity index (χ4v) is 2.00. The summed E-state index contributed by atoms with van der Waals surface area (Å²) in [6, 6.07) is 10.9. The van der Waals surface area contributed by atoms with Gasteiger partial charge in [0.15, 0.2) is 0 Å². The van der Waals surface area contributed by atoms with E-state index >= 15 is 0 Å². The number of hydrogen-bond donors (Lipinski definition) is 1. The highest BCUT2D eigenvalue weighted by molar-refractivity contribution is 5.22. The topological polar surface area (TPSA) is 17.0 Å². The van der Waals surface area contributed by atoms with Crippen LogP contribution < -0.4 is 5.32 Å². The van der Waals surface area contributed by atoms with Gasteiger partial charge in [0.25, 0.3) is 0 Å². The van der Waals surface area contributed by atoms with Crippen LogP contribution in [0.25, 0.3) is 0 Å². The molecule has 0 saturated carbocycles. The lowest BCUT2D eigenvalue weighted by Crippen LogP contribution is -2.16. The molecule has 2 rings (SSSR count). The summed E-state index contributed by atoms with van der Waals surface area (Å²) in [6.07, 6.45) is 5.33. The van der Waals surface area contributed by atoms with Gasteiger partial charge in [-0.2, -0.15) is 0 Å². The molecule has 2 aromatic rings. The van der Waals surface area contributed by atoms with Crippen molar-refractivity contribution in [2.45, 2.75) is 19.9 Å². The van der Waals surface area contributed by atoms with Crippen molar-refractivity contribution in [1.82, 2.24) is 9.88 Å². The molecule has 0 radical (unpaired) electrons. The average molecular weight is 228 g/mol. The Balaban J connectivity index is 1.73. The molecule has 0 bridgehead atoms. The molecule has 90 valence electrons. The third-order valence-electron chi connectivity index (χ3n) is 2.90. The van der Waals surface area contributed by atoms with Gasteiger partial charge >= 0.3 is 0 Å². The van der Waals surface area contributed by atoms with Crippen LogP contribution in [0.2, 0.25) is 0 Å². The van der Waals surface area contributed by atoms with Gasteiger partial charge in [-0.25, -0.2) is 0 Å². The van der Waals surface area contributed by atoms with Crippen LogP contribution >= 0.6 is 0 Å². The van der Waals surface area contributed by atoms with Crippen molar-refractivity contribution in [1.29, 1.82) is 0 Å². The third kappa shape index (κ3) is 3.75. The van der Waals surface area contributed by atoms with Gasteiger partial charge in [0, 0.05) is 26.0 Å². The first-order valence-electron chi connectivity index (χ1n) is 6.11. The molecule has 0 atom stereocenters. The predicted molar refractivity (Wildman–Crippen MR) is 72.0 cm³/mol. The SMILES string of the molecule is Cc1cccc(CCNCc2ccn(C)c2)c1. The lowest BCUT2D eigenvalue weighted by molar-refractivity contribution is 0.685. The highest BCUT2D eigenvalue weighted by atomic mass is 14.9. The molecule has 0 fully saturated rings. The van der Waals surface area contributed by atoms with Crippen LogP contribution in [0.4, 0.5) is 0 Å². The maximum absolute atomic E-state index is 3.47. The number of hydrogen-bond acceptors (Lipinski definition) is 1. The molecule has 1 N–H and O–H groups in total. The Kier molecular flexibility index (Phi) is 3.99. The van der Waals surface area contributed by atoms with E-state index in [4.69, 9.17) is 0 Å². The number of nitrogens with one attached hydrogen (secondary N) is 1. The van der Waals surface area contributed by atoms with Crippen molar-refractivity contribution in [2.24, 2.45) is 7.05 Å². The Labute approximate surface area is 103 Å². The molecule has 0 spiro atoms. The van der Waals surface area contributed by atoms with Gasteiger partial charge in [-0.15, -0.1) is 0 Å². The number of benzene rings is 1. The summed E-state index contributed by atoms with van der Waals surface area (Å²) in [4.78, 5) is 0. The lowest BCUT2D eigenvalue weighted by Gasteiger charge is -2.04. The Morgan fingerprint density at radius 2 is 2.06 bits per heavy atom. The summed E-state index contributed by atoms with van der Waals surface area (Å²) >= 11 is 0. The van der Waals surface area contributed by atoms with Gasteiger partial charge in [-0.05, 0) is 37.1 Å². The van der Waals surface area contributed by atoms with Crippen molar-refractivity contribution in [2.75, 3.05) is 6.54 Å². The van der Waals surface area contributed by atoms with Crippen LogP contribution in [-0.4, -0.2) is 11.1 Å². The highest BCUT2D eigenvalue weighted by Crippen LogP contribution is 2.04. The average Bonchev–Trinajstić information content (AvgIpc) is 2.71. The van der Waals surface area contributed by atoms with Crippen molar-refractivity contribution in [3.05, 3.63) is 59.4 Å². The highest BCUT2D eigenvalue weighted by Gasteiger charge is 1.95. The van der Waals surface area contributed by atoms with E-state index in [0.29, 0.717) is 0 Å². The fraction of sp³-hybridized carbons (Fsp3) is 0.333. The van der Waals surface area contributed by atoms with E-state index < -0.39 is 0 Å². The summed E-state index contributed by atoms with van der Waals surface area (Å²) in [5.74, 6) is 0.